The predicted molar refractivity (Wildman–Crippen MR) is 132 cm³/mol. The molecule has 0 radical (unpaired) electrons. The lowest BCUT2D eigenvalue weighted by molar-refractivity contribution is -0.141. The Kier molecular flexibility index (Phi) is 9.28. The Hall–Kier alpha value is -2.67. The van der Waals surface area contributed by atoms with Gasteiger partial charge in [0, 0.05) is 37.2 Å². The molecule has 7 nitrogen and oxygen atoms in total. The summed E-state index contributed by atoms with van der Waals surface area (Å²) in [5.41, 5.74) is 2.93. The topological polar surface area (TPSA) is 79.0 Å². The molecule has 2 atom stereocenters. The third-order valence-electron chi connectivity index (χ3n) is 6.95. The number of carbonyl (C=O) groups excluding carboxylic acids is 3. The lowest BCUT2D eigenvalue weighted by Gasteiger charge is -2.34. The molecule has 2 heterocycles. The van der Waals surface area contributed by atoms with E-state index in [4.69, 9.17) is 4.74 Å². The van der Waals surface area contributed by atoms with Crippen LogP contribution in [0, 0.1) is 6.92 Å². The van der Waals surface area contributed by atoms with Gasteiger partial charge in [-0.05, 0) is 59.1 Å². The van der Waals surface area contributed by atoms with Gasteiger partial charge < -0.3 is 19.9 Å². The quantitative estimate of drug-likeness (QED) is 0.442. The van der Waals surface area contributed by atoms with Gasteiger partial charge in [-0.15, -0.1) is 0 Å². The van der Waals surface area contributed by atoms with Gasteiger partial charge in [0.1, 0.15) is 6.54 Å². The summed E-state index contributed by atoms with van der Waals surface area (Å²) in [6.07, 6.45) is 4.79. The summed E-state index contributed by atoms with van der Waals surface area (Å²) in [7, 11) is 0. The highest BCUT2D eigenvalue weighted by Crippen LogP contribution is 2.37. The maximum Gasteiger partial charge on any atom is 0.336 e. The van der Waals surface area contributed by atoms with E-state index in [1.165, 1.54) is 24.2 Å². The van der Waals surface area contributed by atoms with Crippen molar-refractivity contribution in [2.24, 2.45) is 0 Å². The number of piperidine rings is 1. The van der Waals surface area contributed by atoms with E-state index in [9.17, 15) is 14.4 Å². The minimum absolute atomic E-state index is 0.0891. The summed E-state index contributed by atoms with van der Waals surface area (Å²) in [6.45, 7) is 10.6. The van der Waals surface area contributed by atoms with Gasteiger partial charge in [0.25, 0.3) is 0 Å². The van der Waals surface area contributed by atoms with E-state index in [1.54, 1.807) is 13.8 Å². The van der Waals surface area contributed by atoms with Gasteiger partial charge in [0.15, 0.2) is 0 Å². The van der Waals surface area contributed by atoms with Gasteiger partial charge >= 0.3 is 5.97 Å². The number of nitrogens with one attached hydrogen (secondary N) is 1. The maximum atomic E-state index is 13.1. The fourth-order valence-corrected chi connectivity index (χ4v) is 5.05. The van der Waals surface area contributed by atoms with Gasteiger partial charge in [-0.25, -0.2) is 4.79 Å². The molecule has 0 spiro atoms. The third kappa shape index (κ3) is 6.47. The van der Waals surface area contributed by atoms with E-state index in [-0.39, 0.29) is 37.3 Å². The smallest absolute Gasteiger partial charge is 0.336 e. The van der Waals surface area contributed by atoms with E-state index >= 15 is 0 Å². The van der Waals surface area contributed by atoms with Crippen molar-refractivity contribution in [2.45, 2.75) is 71.8 Å². The first-order valence-corrected chi connectivity index (χ1v) is 12.6. The summed E-state index contributed by atoms with van der Waals surface area (Å²) in [6, 6.07) is 8.44. The second kappa shape index (κ2) is 12.2. The summed E-state index contributed by atoms with van der Waals surface area (Å²) in [5, 5.41) is 2.95. The largest absolute Gasteiger partial charge is 0.463 e. The zero-order valence-electron chi connectivity index (χ0n) is 21.1. The predicted octanol–water partition coefficient (Wildman–Crippen LogP) is 3.53. The van der Waals surface area contributed by atoms with Gasteiger partial charge in [-0.2, -0.15) is 0 Å². The number of allylic oxidation sites excluding steroid dienone is 1. The number of ether oxygens (including phenoxy) is 1. The molecule has 0 bridgehead atoms. The average molecular weight is 470 g/mol. The minimum Gasteiger partial charge on any atom is -0.463 e. The number of likely N-dealkylation sites (tertiary alicyclic amines) is 1. The second-order valence-corrected chi connectivity index (χ2v) is 9.45. The van der Waals surface area contributed by atoms with Crippen molar-refractivity contribution in [3.05, 3.63) is 46.7 Å². The number of nitrogens with zero attached hydrogens (tertiary/aromatic N) is 2. The molecule has 1 aromatic rings. The number of amides is 2. The molecule has 1 saturated heterocycles. The van der Waals surface area contributed by atoms with Crippen LogP contribution in [-0.2, 0) is 19.1 Å². The van der Waals surface area contributed by atoms with Crippen molar-refractivity contribution in [1.29, 1.82) is 0 Å². The van der Waals surface area contributed by atoms with Crippen LogP contribution >= 0.6 is 0 Å². The van der Waals surface area contributed by atoms with Crippen molar-refractivity contribution in [3.63, 3.8) is 0 Å². The van der Waals surface area contributed by atoms with Crippen LogP contribution in [0.4, 0.5) is 0 Å². The molecule has 2 amide bonds. The number of esters is 1. The molecule has 2 unspecified atom stereocenters. The average Bonchev–Trinajstić information content (AvgIpc) is 2.80. The van der Waals surface area contributed by atoms with Crippen molar-refractivity contribution in [2.75, 3.05) is 32.8 Å². The van der Waals surface area contributed by atoms with Crippen LogP contribution in [0.25, 0.3) is 0 Å². The Morgan fingerprint density at radius 3 is 2.71 bits per heavy atom. The Balaban J connectivity index is 1.66. The molecule has 186 valence electrons. The SMILES string of the molecule is CCOC(=O)C1=C(C)N(CC(=O)NCCCN2CCCCC2C)C(=O)CC1c1cccc(C)c1. The van der Waals surface area contributed by atoms with Gasteiger partial charge in [0.05, 0.1) is 12.2 Å². The summed E-state index contributed by atoms with van der Waals surface area (Å²) in [5.74, 6) is -1.18. The first-order valence-electron chi connectivity index (χ1n) is 12.6. The first-order chi connectivity index (χ1) is 16.3. The van der Waals surface area contributed by atoms with Crippen LogP contribution in [0.3, 0.4) is 0 Å². The molecule has 1 N–H and O–H groups in total. The molecule has 1 aromatic carbocycles. The molecular formula is C27H39N3O4. The zero-order chi connectivity index (χ0) is 24.7. The van der Waals surface area contributed by atoms with Crippen LogP contribution in [0.15, 0.2) is 35.5 Å². The van der Waals surface area contributed by atoms with Gasteiger partial charge in [-0.3, -0.25) is 9.59 Å². The van der Waals surface area contributed by atoms with Crippen molar-refractivity contribution < 1.29 is 19.1 Å². The van der Waals surface area contributed by atoms with Crippen molar-refractivity contribution in [1.82, 2.24) is 15.1 Å². The lowest BCUT2D eigenvalue weighted by Crippen LogP contribution is -2.44. The van der Waals surface area contributed by atoms with Crippen molar-refractivity contribution >= 4 is 17.8 Å². The number of aryl methyl sites for hydroxylation is 1. The van der Waals surface area contributed by atoms with Gasteiger partial charge in [-0.1, -0.05) is 36.2 Å². The minimum atomic E-state index is -0.430. The molecule has 3 rings (SSSR count). The van der Waals surface area contributed by atoms with Gasteiger partial charge in [0.2, 0.25) is 11.8 Å². The second-order valence-electron chi connectivity index (χ2n) is 9.45. The Morgan fingerprint density at radius 1 is 1.21 bits per heavy atom. The number of benzene rings is 1. The molecule has 1 fully saturated rings. The molecule has 7 heteroatoms. The first kappa shape index (κ1) is 25.9. The van der Waals surface area contributed by atoms with E-state index in [2.05, 4.69) is 17.1 Å². The highest BCUT2D eigenvalue weighted by Gasteiger charge is 2.37. The van der Waals surface area contributed by atoms with Crippen LogP contribution in [0.1, 0.15) is 69.9 Å². The molecule has 0 aromatic heterocycles. The van der Waals surface area contributed by atoms with E-state index in [1.807, 2.05) is 31.2 Å². The Bertz CT molecular complexity index is 926. The fraction of sp³-hybridized carbons (Fsp3) is 0.593. The maximum absolute atomic E-state index is 13.1. The zero-order valence-corrected chi connectivity index (χ0v) is 21.1. The molecule has 34 heavy (non-hydrogen) atoms. The fourth-order valence-electron chi connectivity index (χ4n) is 5.05. The van der Waals surface area contributed by atoms with E-state index in [0.29, 0.717) is 23.9 Å². The molecule has 0 aliphatic carbocycles. The van der Waals surface area contributed by atoms with Crippen LogP contribution in [0.5, 0.6) is 0 Å². The lowest BCUT2D eigenvalue weighted by atomic mass is 9.83. The number of hydrogen-bond acceptors (Lipinski definition) is 5. The highest BCUT2D eigenvalue weighted by molar-refractivity contribution is 5.97. The summed E-state index contributed by atoms with van der Waals surface area (Å²) in [4.78, 5) is 42.5. The normalized spacial score (nSPS) is 21.5. The van der Waals surface area contributed by atoms with E-state index in [0.717, 1.165) is 30.6 Å². The molecule has 2 aliphatic rings. The number of hydrogen-bond donors (Lipinski definition) is 1. The molecular weight excluding hydrogens is 430 g/mol. The number of carbonyl (C=O) groups is 3. The van der Waals surface area contributed by atoms with Crippen LogP contribution in [-0.4, -0.2) is 66.4 Å². The third-order valence-corrected chi connectivity index (χ3v) is 6.95. The highest BCUT2D eigenvalue weighted by atomic mass is 16.5. The molecule has 0 saturated carbocycles. The Morgan fingerprint density at radius 2 is 2.00 bits per heavy atom. The van der Waals surface area contributed by atoms with E-state index < -0.39 is 5.97 Å². The standard InChI is InChI=1S/C27H39N3O4/c1-5-34-27(33)26-21(4)30(25(32)17-23(26)22-12-8-10-19(2)16-22)18-24(31)28-13-9-15-29-14-7-6-11-20(29)3/h8,10,12,16,20,23H,5-7,9,11,13-15,17-18H2,1-4H3,(H,28,31). The van der Waals surface area contributed by atoms with Crippen LogP contribution < -0.4 is 5.32 Å². The van der Waals surface area contributed by atoms with Crippen LogP contribution in [0.2, 0.25) is 0 Å². The summed E-state index contributed by atoms with van der Waals surface area (Å²) < 4.78 is 5.33. The summed E-state index contributed by atoms with van der Waals surface area (Å²) >= 11 is 0. The van der Waals surface area contributed by atoms with Crippen molar-refractivity contribution in [3.8, 4) is 0 Å². The molecule has 2 aliphatic heterocycles. The number of rotatable bonds is 9. The monoisotopic (exact) mass is 469 g/mol. The Labute approximate surface area is 203 Å².